The third-order valence-electron chi connectivity index (χ3n) is 1.42. The SMILES string of the molecule is OCc1cnc(OCC(F)(F)F)c(Cl)c1. The second kappa shape index (κ2) is 4.67. The first-order valence-corrected chi connectivity index (χ1v) is 4.25. The molecule has 3 nitrogen and oxygen atoms in total. The molecule has 0 aliphatic heterocycles. The Morgan fingerprint density at radius 3 is 2.60 bits per heavy atom. The van der Waals surface area contributed by atoms with Crippen molar-refractivity contribution in [1.29, 1.82) is 0 Å². The van der Waals surface area contributed by atoms with E-state index in [1.807, 2.05) is 0 Å². The minimum Gasteiger partial charge on any atom is -0.467 e. The van der Waals surface area contributed by atoms with E-state index in [-0.39, 0.29) is 17.5 Å². The highest BCUT2D eigenvalue weighted by Gasteiger charge is 2.29. The molecule has 0 amide bonds. The van der Waals surface area contributed by atoms with Crippen LogP contribution in [0.4, 0.5) is 13.2 Å². The van der Waals surface area contributed by atoms with E-state index in [2.05, 4.69) is 9.72 Å². The number of aromatic nitrogens is 1. The van der Waals surface area contributed by atoms with Crippen LogP contribution in [0.15, 0.2) is 12.3 Å². The van der Waals surface area contributed by atoms with Gasteiger partial charge in [0.2, 0.25) is 5.88 Å². The van der Waals surface area contributed by atoms with E-state index in [1.165, 1.54) is 12.3 Å². The standard InChI is InChI=1S/C8H7ClF3NO2/c9-6-1-5(3-14)2-13-7(6)15-4-8(10,11)12/h1-2,14H,3-4H2. The maximum Gasteiger partial charge on any atom is 0.422 e. The zero-order valence-corrected chi connectivity index (χ0v) is 8.14. The van der Waals surface area contributed by atoms with Crippen LogP contribution in [0.2, 0.25) is 5.02 Å². The van der Waals surface area contributed by atoms with Crippen LogP contribution in [0.25, 0.3) is 0 Å². The molecule has 7 heteroatoms. The normalized spacial score (nSPS) is 11.5. The third-order valence-corrected chi connectivity index (χ3v) is 1.69. The summed E-state index contributed by atoms with van der Waals surface area (Å²) in [5, 5.41) is 8.63. The lowest BCUT2D eigenvalue weighted by Gasteiger charge is -2.09. The van der Waals surface area contributed by atoms with Gasteiger partial charge in [-0.3, -0.25) is 0 Å². The number of nitrogens with zero attached hydrogens (tertiary/aromatic N) is 1. The smallest absolute Gasteiger partial charge is 0.422 e. The molecule has 0 bridgehead atoms. The van der Waals surface area contributed by atoms with E-state index in [1.54, 1.807) is 0 Å². The molecule has 1 rings (SSSR count). The molecule has 1 aromatic rings. The number of halogens is 4. The van der Waals surface area contributed by atoms with E-state index >= 15 is 0 Å². The zero-order chi connectivity index (χ0) is 11.5. The predicted octanol–water partition coefficient (Wildman–Crippen LogP) is 2.17. The van der Waals surface area contributed by atoms with Gasteiger partial charge >= 0.3 is 6.18 Å². The van der Waals surface area contributed by atoms with Crippen LogP contribution in [0.1, 0.15) is 5.56 Å². The van der Waals surface area contributed by atoms with Gasteiger partial charge < -0.3 is 9.84 Å². The van der Waals surface area contributed by atoms with Gasteiger partial charge in [0, 0.05) is 6.20 Å². The molecule has 0 spiro atoms. The van der Waals surface area contributed by atoms with Crippen molar-refractivity contribution in [2.24, 2.45) is 0 Å². The molecular formula is C8H7ClF3NO2. The van der Waals surface area contributed by atoms with E-state index in [0.717, 1.165) is 0 Å². The van der Waals surface area contributed by atoms with E-state index in [9.17, 15) is 13.2 Å². The highest BCUT2D eigenvalue weighted by atomic mass is 35.5. The molecular weight excluding hydrogens is 235 g/mol. The van der Waals surface area contributed by atoms with Crippen LogP contribution in [0.5, 0.6) is 5.88 Å². The molecule has 0 radical (unpaired) electrons. The number of pyridine rings is 1. The largest absolute Gasteiger partial charge is 0.467 e. The Labute approximate surface area is 88.5 Å². The number of aliphatic hydroxyl groups excluding tert-OH is 1. The van der Waals surface area contributed by atoms with Gasteiger partial charge in [-0.25, -0.2) is 4.98 Å². The number of aliphatic hydroxyl groups is 1. The van der Waals surface area contributed by atoms with Crippen molar-refractivity contribution in [3.63, 3.8) is 0 Å². The Bertz CT molecular complexity index is 343. The van der Waals surface area contributed by atoms with Gasteiger partial charge in [-0.15, -0.1) is 0 Å². The average molecular weight is 242 g/mol. The molecule has 0 aliphatic carbocycles. The highest BCUT2D eigenvalue weighted by Crippen LogP contribution is 2.24. The molecule has 0 fully saturated rings. The molecule has 0 saturated heterocycles. The summed E-state index contributed by atoms with van der Waals surface area (Å²) < 4.78 is 39.7. The fraction of sp³-hybridized carbons (Fsp3) is 0.375. The second-order valence-corrected chi connectivity index (χ2v) is 3.10. The van der Waals surface area contributed by atoms with Crippen molar-refractivity contribution in [3.05, 3.63) is 22.8 Å². The van der Waals surface area contributed by atoms with Crippen molar-refractivity contribution >= 4 is 11.6 Å². The molecule has 1 N–H and O–H groups in total. The summed E-state index contributed by atoms with van der Waals surface area (Å²) in [4.78, 5) is 3.54. The first kappa shape index (κ1) is 12.1. The Hall–Kier alpha value is -1.01. The number of alkyl halides is 3. The van der Waals surface area contributed by atoms with Gasteiger partial charge in [-0.1, -0.05) is 11.6 Å². The Balaban J connectivity index is 2.70. The zero-order valence-electron chi connectivity index (χ0n) is 7.38. The predicted molar refractivity (Wildman–Crippen MR) is 46.7 cm³/mol. The number of ether oxygens (including phenoxy) is 1. The van der Waals surface area contributed by atoms with Crippen molar-refractivity contribution in [2.45, 2.75) is 12.8 Å². The summed E-state index contributed by atoms with van der Waals surface area (Å²) in [6.07, 6.45) is -3.24. The van der Waals surface area contributed by atoms with Gasteiger partial charge in [0.1, 0.15) is 5.02 Å². The minimum absolute atomic E-state index is 0.0641. The lowest BCUT2D eigenvalue weighted by atomic mass is 10.3. The monoisotopic (exact) mass is 241 g/mol. The van der Waals surface area contributed by atoms with E-state index < -0.39 is 12.8 Å². The summed E-state index contributed by atoms with van der Waals surface area (Å²) in [7, 11) is 0. The van der Waals surface area contributed by atoms with E-state index in [0.29, 0.717) is 5.56 Å². The quantitative estimate of drug-likeness (QED) is 0.882. The fourth-order valence-corrected chi connectivity index (χ4v) is 1.05. The lowest BCUT2D eigenvalue weighted by molar-refractivity contribution is -0.154. The van der Waals surface area contributed by atoms with Crippen molar-refractivity contribution in [2.75, 3.05) is 6.61 Å². The third kappa shape index (κ3) is 3.93. The first-order chi connectivity index (χ1) is 6.92. The molecule has 15 heavy (non-hydrogen) atoms. The minimum atomic E-state index is -4.43. The van der Waals surface area contributed by atoms with Crippen LogP contribution in [0.3, 0.4) is 0 Å². The Kier molecular flexibility index (Phi) is 3.76. The molecule has 0 unspecified atom stereocenters. The Morgan fingerprint density at radius 2 is 2.13 bits per heavy atom. The second-order valence-electron chi connectivity index (χ2n) is 2.69. The maximum absolute atomic E-state index is 11.8. The summed E-state index contributed by atoms with van der Waals surface area (Å²) >= 11 is 5.57. The lowest BCUT2D eigenvalue weighted by Crippen LogP contribution is -2.19. The van der Waals surface area contributed by atoms with Gasteiger partial charge in [-0.05, 0) is 11.6 Å². The van der Waals surface area contributed by atoms with Crippen molar-refractivity contribution in [3.8, 4) is 5.88 Å². The molecule has 0 atom stereocenters. The number of rotatable bonds is 3. The van der Waals surface area contributed by atoms with Crippen LogP contribution in [-0.2, 0) is 6.61 Å². The maximum atomic E-state index is 11.8. The topological polar surface area (TPSA) is 42.4 Å². The number of hydrogen-bond donors (Lipinski definition) is 1. The Morgan fingerprint density at radius 1 is 1.47 bits per heavy atom. The molecule has 0 aromatic carbocycles. The molecule has 1 heterocycles. The van der Waals surface area contributed by atoms with Gasteiger partial charge in [0.05, 0.1) is 6.61 Å². The molecule has 84 valence electrons. The summed E-state index contributed by atoms with van der Waals surface area (Å²) in [5.41, 5.74) is 0.402. The van der Waals surface area contributed by atoms with Crippen molar-refractivity contribution < 1.29 is 23.0 Å². The molecule has 0 aliphatic rings. The number of hydrogen-bond acceptors (Lipinski definition) is 3. The van der Waals surface area contributed by atoms with Gasteiger partial charge in [-0.2, -0.15) is 13.2 Å². The van der Waals surface area contributed by atoms with Crippen LogP contribution < -0.4 is 4.74 Å². The summed E-state index contributed by atoms with van der Waals surface area (Å²) in [5.74, 6) is -0.300. The van der Waals surface area contributed by atoms with Gasteiger partial charge in [0.25, 0.3) is 0 Å². The van der Waals surface area contributed by atoms with Crippen LogP contribution in [-0.4, -0.2) is 22.9 Å². The summed E-state index contributed by atoms with van der Waals surface area (Å²) in [6, 6.07) is 1.29. The summed E-state index contributed by atoms with van der Waals surface area (Å²) in [6.45, 7) is -1.73. The van der Waals surface area contributed by atoms with Crippen LogP contribution in [0, 0.1) is 0 Å². The van der Waals surface area contributed by atoms with Crippen molar-refractivity contribution in [1.82, 2.24) is 4.98 Å². The fourth-order valence-electron chi connectivity index (χ4n) is 0.808. The molecule has 1 aromatic heterocycles. The van der Waals surface area contributed by atoms with E-state index in [4.69, 9.17) is 16.7 Å². The van der Waals surface area contributed by atoms with Crippen LogP contribution >= 0.6 is 11.6 Å². The first-order valence-electron chi connectivity index (χ1n) is 3.87. The molecule has 0 saturated carbocycles. The highest BCUT2D eigenvalue weighted by molar-refractivity contribution is 6.31. The van der Waals surface area contributed by atoms with Gasteiger partial charge in [0.15, 0.2) is 6.61 Å². The average Bonchev–Trinajstić information content (AvgIpc) is 2.14.